The van der Waals surface area contributed by atoms with Crippen LogP contribution in [0.25, 0.3) is 0 Å². The molecule has 3 N–H and O–H groups in total. The van der Waals surface area contributed by atoms with E-state index in [0.29, 0.717) is 25.9 Å². The normalized spacial score (nSPS) is 12.5. The molecule has 0 aromatic rings. The molecule has 0 aliphatic rings. The third kappa shape index (κ3) is 71.7. The van der Waals surface area contributed by atoms with Crippen LogP contribution < -0.4 is 5.32 Å². The number of hydrogen-bond acceptors (Lipinski definition) is 5. The Hall–Kier alpha value is -1.40. The molecule has 0 radical (unpaired) electrons. The number of allylic oxidation sites excluding steroid dienone is 2. The molecule has 0 heterocycles. The highest BCUT2D eigenvalue weighted by molar-refractivity contribution is 5.76. The van der Waals surface area contributed by atoms with Crippen LogP contribution in [0, 0.1) is 0 Å². The number of rotatable bonds is 76. The number of aliphatic hydroxyl groups excluding tert-OH is 2. The van der Waals surface area contributed by atoms with Crippen molar-refractivity contribution in [1.29, 1.82) is 0 Å². The minimum Gasteiger partial charge on any atom is -0.466 e. The first-order chi connectivity index (χ1) is 42.5. The average Bonchev–Trinajstić information content (AvgIpc) is 3.53. The van der Waals surface area contributed by atoms with Crippen molar-refractivity contribution in [2.45, 2.75) is 475 Å². The predicted molar refractivity (Wildman–Crippen MR) is 380 cm³/mol. The van der Waals surface area contributed by atoms with Gasteiger partial charge in [0, 0.05) is 12.8 Å². The topological polar surface area (TPSA) is 95.9 Å². The molecule has 1 amide bonds. The number of esters is 1. The Labute approximate surface area is 539 Å². The zero-order valence-corrected chi connectivity index (χ0v) is 58.8. The van der Waals surface area contributed by atoms with E-state index in [-0.39, 0.29) is 18.5 Å². The minimum atomic E-state index is -0.662. The standard InChI is InChI=1S/C80H157NO5/c1-3-5-7-9-11-13-15-17-19-21-22-34-37-41-44-48-52-56-60-64-68-72-78(83)77(76-82)81-79(84)73-69-65-61-57-53-49-45-42-38-35-32-30-28-26-24-23-25-27-29-31-33-36-39-43-47-51-55-59-63-67-71-75-86-80(85)74-70-66-62-58-54-50-46-40-20-18-16-14-12-10-8-6-4-2/h18,20,77-78,82-83H,3-17,19,21-76H2,1-2H3,(H,81,84)/b20-18-. The Balaban J connectivity index is 3.32. The molecule has 0 saturated carbocycles. The predicted octanol–water partition coefficient (Wildman–Crippen LogP) is 26.3. The summed E-state index contributed by atoms with van der Waals surface area (Å²) in [5.41, 5.74) is 0. The Bertz CT molecular complexity index is 1300. The fraction of sp³-hybridized carbons (Fsp3) is 0.950. The zero-order valence-electron chi connectivity index (χ0n) is 58.8. The van der Waals surface area contributed by atoms with E-state index in [4.69, 9.17) is 4.74 Å². The molecule has 0 saturated heterocycles. The summed E-state index contributed by atoms with van der Waals surface area (Å²) < 4.78 is 5.51. The van der Waals surface area contributed by atoms with E-state index in [0.717, 1.165) is 44.9 Å². The van der Waals surface area contributed by atoms with Gasteiger partial charge in [0.1, 0.15) is 0 Å². The molecule has 0 bridgehead atoms. The maximum atomic E-state index is 12.6. The molecule has 0 aliphatic heterocycles. The van der Waals surface area contributed by atoms with Crippen LogP contribution in [-0.4, -0.2) is 47.4 Å². The van der Waals surface area contributed by atoms with E-state index in [1.165, 1.54) is 385 Å². The Kier molecular flexibility index (Phi) is 74.8. The molecule has 6 nitrogen and oxygen atoms in total. The van der Waals surface area contributed by atoms with Crippen LogP contribution in [0.5, 0.6) is 0 Å². The van der Waals surface area contributed by atoms with Crippen LogP contribution in [0.1, 0.15) is 463 Å². The fourth-order valence-electron chi connectivity index (χ4n) is 13.0. The summed E-state index contributed by atoms with van der Waals surface area (Å²) in [7, 11) is 0. The molecule has 2 unspecified atom stereocenters. The first kappa shape index (κ1) is 84.6. The lowest BCUT2D eigenvalue weighted by Crippen LogP contribution is -2.45. The fourth-order valence-corrected chi connectivity index (χ4v) is 13.0. The molecule has 0 aromatic carbocycles. The summed E-state index contributed by atoms with van der Waals surface area (Å²) in [6.45, 7) is 5.01. The van der Waals surface area contributed by atoms with Crippen LogP contribution in [0.3, 0.4) is 0 Å². The minimum absolute atomic E-state index is 0.0187. The van der Waals surface area contributed by atoms with Crippen LogP contribution in [0.15, 0.2) is 12.2 Å². The Morgan fingerprint density at radius 3 is 0.826 bits per heavy atom. The van der Waals surface area contributed by atoms with Crippen molar-refractivity contribution >= 4 is 11.9 Å². The van der Waals surface area contributed by atoms with Crippen molar-refractivity contribution in [3.63, 3.8) is 0 Å². The van der Waals surface area contributed by atoms with Gasteiger partial charge in [0.05, 0.1) is 25.4 Å². The lowest BCUT2D eigenvalue weighted by atomic mass is 10.0. The van der Waals surface area contributed by atoms with Gasteiger partial charge >= 0.3 is 5.97 Å². The SMILES string of the molecule is CCCCCCCC/C=C\CCCCCCCCCC(=O)OCCCCCCCCCCCCCCCCCCCCCCCCCCCCCCCCCC(=O)NC(CO)C(O)CCCCCCCCCCCCCCCCCCCCCCC. The van der Waals surface area contributed by atoms with E-state index in [2.05, 4.69) is 31.3 Å². The number of ether oxygens (including phenoxy) is 1. The zero-order chi connectivity index (χ0) is 62.0. The second-order valence-corrected chi connectivity index (χ2v) is 27.8. The monoisotopic (exact) mass is 1210 g/mol. The molecular weight excluding hydrogens is 1050 g/mol. The number of amides is 1. The van der Waals surface area contributed by atoms with Gasteiger partial charge in [0.25, 0.3) is 0 Å². The second kappa shape index (κ2) is 76.1. The maximum Gasteiger partial charge on any atom is 0.305 e. The number of carbonyl (C=O) groups is 2. The highest BCUT2D eigenvalue weighted by Crippen LogP contribution is 2.20. The molecule has 2 atom stereocenters. The highest BCUT2D eigenvalue weighted by Gasteiger charge is 2.20. The number of hydrogen-bond donors (Lipinski definition) is 3. The van der Waals surface area contributed by atoms with Crippen LogP contribution in [0.2, 0.25) is 0 Å². The molecule has 6 heteroatoms. The lowest BCUT2D eigenvalue weighted by Gasteiger charge is -2.22. The smallest absolute Gasteiger partial charge is 0.305 e. The van der Waals surface area contributed by atoms with Gasteiger partial charge in [-0.25, -0.2) is 0 Å². The first-order valence-electron chi connectivity index (χ1n) is 39.9. The largest absolute Gasteiger partial charge is 0.466 e. The van der Waals surface area contributed by atoms with Crippen molar-refractivity contribution in [2.75, 3.05) is 13.2 Å². The summed E-state index contributed by atoms with van der Waals surface area (Å²) in [5, 5.41) is 23.5. The van der Waals surface area contributed by atoms with Crippen LogP contribution in [-0.2, 0) is 14.3 Å². The van der Waals surface area contributed by atoms with Gasteiger partial charge < -0.3 is 20.3 Å². The number of unbranched alkanes of at least 4 members (excludes halogenated alkanes) is 63. The molecule has 0 fully saturated rings. The number of aliphatic hydroxyl groups is 2. The quantitative estimate of drug-likeness (QED) is 0.0320. The van der Waals surface area contributed by atoms with E-state index >= 15 is 0 Å². The van der Waals surface area contributed by atoms with Gasteiger partial charge in [-0.05, 0) is 51.4 Å². The van der Waals surface area contributed by atoms with Gasteiger partial charge in [-0.3, -0.25) is 9.59 Å². The maximum absolute atomic E-state index is 12.6. The number of carbonyl (C=O) groups excluding carboxylic acids is 2. The summed E-state index contributed by atoms with van der Waals surface area (Å²) in [4.78, 5) is 24.7. The molecular formula is C80H157NO5. The van der Waals surface area contributed by atoms with Crippen molar-refractivity contribution in [3.05, 3.63) is 12.2 Å². The van der Waals surface area contributed by atoms with Gasteiger partial charge in [-0.1, -0.05) is 411 Å². The van der Waals surface area contributed by atoms with Crippen molar-refractivity contribution in [1.82, 2.24) is 5.32 Å². The third-order valence-electron chi connectivity index (χ3n) is 19.1. The van der Waals surface area contributed by atoms with Crippen LogP contribution in [0.4, 0.5) is 0 Å². The van der Waals surface area contributed by atoms with Crippen molar-refractivity contribution in [3.8, 4) is 0 Å². The highest BCUT2D eigenvalue weighted by atomic mass is 16.5. The third-order valence-corrected chi connectivity index (χ3v) is 19.1. The lowest BCUT2D eigenvalue weighted by molar-refractivity contribution is -0.143. The number of nitrogens with one attached hydrogen (secondary N) is 1. The summed E-state index contributed by atoms with van der Waals surface area (Å²) in [6.07, 6.45) is 95.9. The van der Waals surface area contributed by atoms with Gasteiger partial charge in [-0.2, -0.15) is 0 Å². The molecule has 0 spiro atoms. The molecule has 86 heavy (non-hydrogen) atoms. The Morgan fingerprint density at radius 1 is 0.314 bits per heavy atom. The Morgan fingerprint density at radius 2 is 0.547 bits per heavy atom. The first-order valence-corrected chi connectivity index (χ1v) is 39.9. The van der Waals surface area contributed by atoms with E-state index in [9.17, 15) is 19.8 Å². The summed E-state index contributed by atoms with van der Waals surface area (Å²) in [6, 6.07) is -0.539. The summed E-state index contributed by atoms with van der Waals surface area (Å²) in [5.74, 6) is -0.00634. The van der Waals surface area contributed by atoms with Crippen LogP contribution >= 0.6 is 0 Å². The molecule has 0 aliphatic carbocycles. The van der Waals surface area contributed by atoms with Crippen molar-refractivity contribution < 1.29 is 24.5 Å². The van der Waals surface area contributed by atoms with E-state index in [1.54, 1.807) is 0 Å². The average molecular weight is 1210 g/mol. The second-order valence-electron chi connectivity index (χ2n) is 27.8. The van der Waals surface area contributed by atoms with E-state index < -0.39 is 12.1 Å². The van der Waals surface area contributed by atoms with E-state index in [1.807, 2.05) is 0 Å². The molecule has 512 valence electrons. The summed E-state index contributed by atoms with van der Waals surface area (Å²) >= 11 is 0. The van der Waals surface area contributed by atoms with Gasteiger partial charge in [0.15, 0.2) is 0 Å². The van der Waals surface area contributed by atoms with Crippen molar-refractivity contribution in [2.24, 2.45) is 0 Å². The molecule has 0 rings (SSSR count). The van der Waals surface area contributed by atoms with Gasteiger partial charge in [0.2, 0.25) is 5.91 Å². The molecule has 0 aromatic heterocycles. The van der Waals surface area contributed by atoms with Gasteiger partial charge in [-0.15, -0.1) is 0 Å².